The molecule has 0 saturated carbocycles. The van der Waals surface area contributed by atoms with E-state index in [9.17, 15) is 0 Å². The van der Waals surface area contributed by atoms with Gasteiger partial charge in [-0.1, -0.05) is 0 Å². The van der Waals surface area contributed by atoms with Gasteiger partial charge in [-0.15, -0.1) is 0 Å². The Morgan fingerprint density at radius 3 is 0.571 bits per heavy atom. The molecule has 7 heteroatoms. The normalized spacial score (nSPS) is 2.57. The Labute approximate surface area is 62.9 Å². The van der Waals surface area contributed by atoms with Crippen molar-refractivity contribution in [2.75, 3.05) is 0 Å². The summed E-state index contributed by atoms with van der Waals surface area (Å²) in [5.41, 5.74) is 0. The first-order valence-electron chi connectivity index (χ1n) is 0.707. The van der Waals surface area contributed by atoms with Gasteiger partial charge in [0.15, 0.2) is 0 Å². The van der Waals surface area contributed by atoms with Crippen molar-refractivity contribution in [3.8, 4) is 0 Å². The first-order chi connectivity index (χ1) is 3.00. The van der Waals surface area contributed by atoms with Gasteiger partial charge < -0.3 is 14.7 Å². The minimum absolute atomic E-state index is 0. The molecule has 0 aromatic rings. The Balaban J connectivity index is -0.00000000900. The van der Waals surface area contributed by atoms with Crippen LogP contribution in [0.3, 0.4) is 0 Å². The minimum Gasteiger partial charge on any atom is -0.834 e. The van der Waals surface area contributed by atoms with Crippen LogP contribution in [-0.2, 0) is 19.5 Å². The zero-order valence-corrected chi connectivity index (χ0v) is 8.39. The van der Waals surface area contributed by atoms with Gasteiger partial charge in [0.05, 0.1) is 0 Å². The van der Waals surface area contributed by atoms with Gasteiger partial charge in [-0.25, -0.2) is 28.4 Å². The van der Waals surface area contributed by atoms with Crippen molar-refractivity contribution >= 4 is 28.4 Å². The molecule has 0 bridgehead atoms. The van der Waals surface area contributed by atoms with Crippen LogP contribution in [0.15, 0.2) is 0 Å². The zero-order chi connectivity index (χ0) is 6.00. The maximum atomic E-state index is 8.17. The van der Waals surface area contributed by atoms with E-state index in [1.807, 2.05) is 0 Å². The van der Waals surface area contributed by atoms with Crippen LogP contribution in [0.2, 0.25) is 0 Å². The summed E-state index contributed by atoms with van der Waals surface area (Å²) in [5, 5.41) is 0. The first-order valence-corrected chi connectivity index (χ1v) is 2.12. The van der Waals surface area contributed by atoms with Gasteiger partial charge in [0.2, 0.25) is 0 Å². The van der Waals surface area contributed by atoms with E-state index in [4.69, 9.17) is 14.7 Å². The Hall–Kier alpha value is 1.79. The SMILES string of the molecule is [O-]P.[O-]P.[O-]P.[Rh+3]. The molecule has 7 heavy (non-hydrogen) atoms. The van der Waals surface area contributed by atoms with Crippen molar-refractivity contribution in [2.24, 2.45) is 0 Å². The summed E-state index contributed by atoms with van der Waals surface area (Å²) in [4.78, 5) is 24.5. The molecule has 0 fully saturated rings. The van der Waals surface area contributed by atoms with Crippen LogP contribution >= 0.6 is 28.4 Å². The molecule has 0 aliphatic heterocycles. The van der Waals surface area contributed by atoms with Crippen molar-refractivity contribution < 1.29 is 34.2 Å². The molecule has 3 unspecified atom stereocenters. The van der Waals surface area contributed by atoms with Crippen LogP contribution in [0, 0.1) is 0 Å². The molecule has 0 N–H and O–H groups in total. The predicted molar refractivity (Wildman–Crippen MR) is 29.1 cm³/mol. The molecule has 0 radical (unpaired) electrons. The molecule has 0 spiro atoms. The second kappa shape index (κ2) is 112. The van der Waals surface area contributed by atoms with Gasteiger partial charge in [-0.2, -0.15) is 0 Å². The van der Waals surface area contributed by atoms with Gasteiger partial charge in [-0.05, 0) is 0 Å². The molecule has 0 heterocycles. The monoisotopic (exact) mass is 250 g/mol. The molecule has 0 aliphatic carbocycles. The van der Waals surface area contributed by atoms with Crippen molar-refractivity contribution in [3.05, 3.63) is 0 Å². The average Bonchev–Trinajstić information content (AvgIpc) is 1.81. The van der Waals surface area contributed by atoms with Crippen molar-refractivity contribution in [1.29, 1.82) is 0 Å². The Morgan fingerprint density at radius 1 is 0.571 bits per heavy atom. The van der Waals surface area contributed by atoms with E-state index in [0.29, 0.717) is 0 Å². The molecule has 0 aromatic carbocycles. The molecule has 0 aromatic heterocycles. The fourth-order valence-corrected chi connectivity index (χ4v) is 0. The molecule has 48 valence electrons. The quantitative estimate of drug-likeness (QED) is 0.350. The predicted octanol–water partition coefficient (Wildman–Crippen LogP) is -2.59. The third-order valence-electron chi connectivity index (χ3n) is 0. The summed E-state index contributed by atoms with van der Waals surface area (Å²) in [6.07, 6.45) is 0. The second-order valence-electron chi connectivity index (χ2n) is 0. The van der Waals surface area contributed by atoms with Crippen LogP contribution in [0.5, 0.6) is 0 Å². The standard InChI is InChI=1S/3H2OP.Rh/c3*1-2;/h3*2H2;/q3*-1;+3. The summed E-state index contributed by atoms with van der Waals surface area (Å²) in [6, 6.07) is 0. The van der Waals surface area contributed by atoms with E-state index in [1.165, 1.54) is 28.4 Å². The van der Waals surface area contributed by atoms with E-state index in [2.05, 4.69) is 0 Å². The molecular weight excluding hydrogens is 244 g/mol. The zero-order valence-electron chi connectivity index (χ0n) is 3.29. The Bertz CT molecular complexity index is 10.1. The largest absolute Gasteiger partial charge is 3.00 e. The van der Waals surface area contributed by atoms with E-state index in [1.54, 1.807) is 0 Å². The molecule has 3 atom stereocenters. The average molecular weight is 250 g/mol. The van der Waals surface area contributed by atoms with Gasteiger partial charge >= 0.3 is 19.5 Å². The summed E-state index contributed by atoms with van der Waals surface area (Å²) in [6.45, 7) is 0. The summed E-state index contributed by atoms with van der Waals surface area (Å²) in [5.74, 6) is 0. The van der Waals surface area contributed by atoms with Crippen LogP contribution in [0.25, 0.3) is 0 Å². The minimum atomic E-state index is 0. The van der Waals surface area contributed by atoms with Crippen molar-refractivity contribution in [2.45, 2.75) is 0 Å². The van der Waals surface area contributed by atoms with Crippen LogP contribution < -0.4 is 14.7 Å². The van der Waals surface area contributed by atoms with Crippen molar-refractivity contribution in [1.82, 2.24) is 0 Å². The Morgan fingerprint density at radius 2 is 0.571 bits per heavy atom. The van der Waals surface area contributed by atoms with Crippen LogP contribution in [0.4, 0.5) is 0 Å². The van der Waals surface area contributed by atoms with E-state index in [-0.39, 0.29) is 19.5 Å². The fourth-order valence-electron chi connectivity index (χ4n) is 0. The molecular formula is H6O3P3Rh. The molecule has 0 aliphatic rings. The first kappa shape index (κ1) is 23.2. The third-order valence-corrected chi connectivity index (χ3v) is 0. The van der Waals surface area contributed by atoms with E-state index < -0.39 is 0 Å². The smallest absolute Gasteiger partial charge is 0.834 e. The number of rotatable bonds is 0. The number of hydrogen-bond acceptors (Lipinski definition) is 3. The fraction of sp³-hybridized carbons (Fsp3) is 0. The molecule has 0 saturated heterocycles. The summed E-state index contributed by atoms with van der Waals surface area (Å²) < 4.78 is 0. The van der Waals surface area contributed by atoms with E-state index >= 15 is 0 Å². The van der Waals surface area contributed by atoms with Gasteiger partial charge in [-0.3, -0.25) is 0 Å². The van der Waals surface area contributed by atoms with Crippen LogP contribution in [0.1, 0.15) is 0 Å². The number of hydrogen-bond donors (Lipinski definition) is 0. The third kappa shape index (κ3) is 81.3. The second-order valence-corrected chi connectivity index (χ2v) is 0. The Kier molecular flexibility index (Phi) is 371. The van der Waals surface area contributed by atoms with E-state index in [0.717, 1.165) is 0 Å². The maximum absolute atomic E-state index is 8.17. The van der Waals surface area contributed by atoms with Crippen molar-refractivity contribution in [3.63, 3.8) is 0 Å². The van der Waals surface area contributed by atoms with Crippen LogP contribution in [-0.4, -0.2) is 0 Å². The maximum Gasteiger partial charge on any atom is 3.00 e. The van der Waals surface area contributed by atoms with Gasteiger partial charge in [0.25, 0.3) is 0 Å². The topological polar surface area (TPSA) is 69.2 Å². The molecule has 0 rings (SSSR count). The molecule has 3 nitrogen and oxygen atoms in total. The summed E-state index contributed by atoms with van der Waals surface area (Å²) >= 11 is 0. The van der Waals surface area contributed by atoms with Gasteiger partial charge in [0, 0.05) is 0 Å². The van der Waals surface area contributed by atoms with Gasteiger partial charge in [0.1, 0.15) is 0 Å². The molecule has 0 amide bonds. The summed E-state index contributed by atoms with van der Waals surface area (Å²) in [7, 11) is 3.50.